The van der Waals surface area contributed by atoms with Gasteiger partial charge in [0.15, 0.2) is 5.11 Å². The smallest absolute Gasteiger partial charge is 0.226 e. The largest absolute Gasteiger partial charge is 0.494 e. The summed E-state index contributed by atoms with van der Waals surface area (Å²) in [6, 6.07) is 7.46. The van der Waals surface area contributed by atoms with Gasteiger partial charge in [-0.3, -0.25) is 4.79 Å². The quantitative estimate of drug-likeness (QED) is 0.565. The molecule has 0 radical (unpaired) electrons. The normalized spacial score (nSPS) is 10.0. The Kier molecular flexibility index (Phi) is 8.43. The molecular formula is C16H24N2O2S. The van der Waals surface area contributed by atoms with Gasteiger partial charge < -0.3 is 15.4 Å². The number of ether oxygens (including phenoxy) is 1. The number of unbranched alkanes of at least 4 members (excludes halogenated alkanes) is 3. The van der Waals surface area contributed by atoms with Crippen LogP contribution in [-0.4, -0.2) is 17.6 Å². The number of nitrogens with one attached hydrogen (secondary N) is 2. The number of anilines is 1. The van der Waals surface area contributed by atoms with Crippen LogP contribution in [0, 0.1) is 0 Å². The molecule has 0 aromatic heterocycles. The lowest BCUT2D eigenvalue weighted by Gasteiger charge is -2.10. The molecule has 0 heterocycles. The van der Waals surface area contributed by atoms with Crippen molar-refractivity contribution >= 4 is 28.9 Å². The Morgan fingerprint density at radius 1 is 1.14 bits per heavy atom. The molecule has 0 aliphatic carbocycles. The third-order valence-electron chi connectivity index (χ3n) is 2.93. The molecular weight excluding hydrogens is 284 g/mol. The minimum atomic E-state index is -0.0328. The third kappa shape index (κ3) is 7.66. The van der Waals surface area contributed by atoms with Crippen LogP contribution in [0.4, 0.5) is 5.69 Å². The number of amides is 1. The van der Waals surface area contributed by atoms with Gasteiger partial charge in [-0.05, 0) is 49.8 Å². The van der Waals surface area contributed by atoms with Crippen molar-refractivity contribution in [2.24, 2.45) is 0 Å². The van der Waals surface area contributed by atoms with Gasteiger partial charge >= 0.3 is 0 Å². The summed E-state index contributed by atoms with van der Waals surface area (Å²) in [5, 5.41) is 6.02. The molecule has 0 aliphatic heterocycles. The molecule has 1 rings (SSSR count). The van der Waals surface area contributed by atoms with E-state index in [9.17, 15) is 4.79 Å². The summed E-state index contributed by atoms with van der Waals surface area (Å²) in [7, 11) is 0. The molecule has 0 saturated heterocycles. The Morgan fingerprint density at radius 3 is 2.48 bits per heavy atom. The summed E-state index contributed by atoms with van der Waals surface area (Å²) in [4.78, 5) is 11.7. The van der Waals surface area contributed by atoms with E-state index in [0.717, 1.165) is 24.3 Å². The molecule has 0 atom stereocenters. The Labute approximate surface area is 132 Å². The van der Waals surface area contributed by atoms with Gasteiger partial charge in [0, 0.05) is 12.1 Å². The number of thiocarbonyl (C=S) groups is 1. The highest BCUT2D eigenvalue weighted by molar-refractivity contribution is 7.80. The molecule has 0 fully saturated rings. The summed E-state index contributed by atoms with van der Waals surface area (Å²) < 4.78 is 5.36. The van der Waals surface area contributed by atoms with E-state index in [1.165, 1.54) is 12.8 Å². The highest BCUT2D eigenvalue weighted by atomic mass is 32.1. The second-order valence-corrected chi connectivity index (χ2v) is 5.18. The van der Waals surface area contributed by atoms with Gasteiger partial charge in [0.05, 0.1) is 6.61 Å². The van der Waals surface area contributed by atoms with Crippen LogP contribution in [0.3, 0.4) is 0 Å². The van der Waals surface area contributed by atoms with Gasteiger partial charge in [-0.2, -0.15) is 0 Å². The molecule has 0 unspecified atom stereocenters. The van der Waals surface area contributed by atoms with Crippen molar-refractivity contribution in [2.75, 3.05) is 11.9 Å². The number of hydrogen-bond acceptors (Lipinski definition) is 3. The van der Waals surface area contributed by atoms with Crippen LogP contribution in [0.25, 0.3) is 0 Å². The van der Waals surface area contributed by atoms with Crippen LogP contribution in [0.1, 0.15) is 46.0 Å². The maximum atomic E-state index is 11.7. The Hall–Kier alpha value is -1.62. The second-order valence-electron chi connectivity index (χ2n) is 4.77. The van der Waals surface area contributed by atoms with Crippen LogP contribution in [0.2, 0.25) is 0 Å². The van der Waals surface area contributed by atoms with Crippen molar-refractivity contribution in [3.8, 4) is 5.75 Å². The van der Waals surface area contributed by atoms with Gasteiger partial charge in [0.2, 0.25) is 5.91 Å². The monoisotopic (exact) mass is 308 g/mol. The standard InChI is InChI=1S/C16H24N2O2S/c1-3-5-6-7-8-15(19)18-16(21)17-13-9-11-14(12-10-13)20-4-2/h9-12H,3-8H2,1-2H3,(H2,17,18,19,21). The maximum Gasteiger partial charge on any atom is 0.226 e. The molecule has 2 N–H and O–H groups in total. The zero-order valence-corrected chi connectivity index (χ0v) is 13.6. The lowest BCUT2D eigenvalue weighted by molar-refractivity contribution is -0.119. The molecule has 1 amide bonds. The van der Waals surface area contributed by atoms with Gasteiger partial charge in [-0.25, -0.2) is 0 Å². The minimum Gasteiger partial charge on any atom is -0.494 e. The third-order valence-corrected chi connectivity index (χ3v) is 3.14. The average molecular weight is 308 g/mol. The minimum absolute atomic E-state index is 0.0328. The van der Waals surface area contributed by atoms with Gasteiger partial charge in [-0.15, -0.1) is 0 Å². The van der Waals surface area contributed by atoms with Crippen LogP contribution < -0.4 is 15.4 Å². The first-order valence-electron chi connectivity index (χ1n) is 7.49. The molecule has 0 saturated carbocycles. The summed E-state index contributed by atoms with van der Waals surface area (Å²) >= 11 is 5.12. The maximum absolute atomic E-state index is 11.7. The lowest BCUT2D eigenvalue weighted by Crippen LogP contribution is -2.33. The predicted octanol–water partition coefficient (Wildman–Crippen LogP) is 3.87. The van der Waals surface area contributed by atoms with E-state index in [4.69, 9.17) is 17.0 Å². The molecule has 1 aromatic rings. The van der Waals surface area contributed by atoms with Crippen molar-refractivity contribution in [1.82, 2.24) is 5.32 Å². The fraction of sp³-hybridized carbons (Fsp3) is 0.500. The van der Waals surface area contributed by atoms with E-state index in [-0.39, 0.29) is 5.91 Å². The Bertz CT molecular complexity index is 446. The van der Waals surface area contributed by atoms with Crippen LogP contribution in [-0.2, 0) is 4.79 Å². The fourth-order valence-corrected chi connectivity index (χ4v) is 2.10. The molecule has 1 aromatic carbocycles. The van der Waals surface area contributed by atoms with E-state index >= 15 is 0 Å². The average Bonchev–Trinajstić information content (AvgIpc) is 2.46. The van der Waals surface area contributed by atoms with Gasteiger partial charge in [0.25, 0.3) is 0 Å². The van der Waals surface area contributed by atoms with Crippen molar-refractivity contribution in [2.45, 2.75) is 46.0 Å². The predicted molar refractivity (Wildman–Crippen MR) is 90.7 cm³/mol. The van der Waals surface area contributed by atoms with E-state index in [1.54, 1.807) is 0 Å². The van der Waals surface area contributed by atoms with Crippen molar-refractivity contribution in [1.29, 1.82) is 0 Å². The van der Waals surface area contributed by atoms with E-state index < -0.39 is 0 Å². The molecule has 21 heavy (non-hydrogen) atoms. The number of rotatable bonds is 8. The van der Waals surface area contributed by atoms with Gasteiger partial charge in [-0.1, -0.05) is 26.2 Å². The van der Waals surface area contributed by atoms with Crippen molar-refractivity contribution in [3.05, 3.63) is 24.3 Å². The van der Waals surface area contributed by atoms with Crippen LogP contribution >= 0.6 is 12.2 Å². The van der Waals surface area contributed by atoms with E-state index in [2.05, 4.69) is 17.6 Å². The Morgan fingerprint density at radius 2 is 1.86 bits per heavy atom. The topological polar surface area (TPSA) is 50.4 Å². The fourth-order valence-electron chi connectivity index (χ4n) is 1.86. The summed E-state index contributed by atoms with van der Waals surface area (Å²) in [5.74, 6) is 0.781. The lowest BCUT2D eigenvalue weighted by atomic mass is 10.1. The molecule has 0 bridgehead atoms. The highest BCUT2D eigenvalue weighted by Gasteiger charge is 2.04. The number of carbonyl (C=O) groups is 1. The van der Waals surface area contributed by atoms with Crippen LogP contribution in [0.5, 0.6) is 5.75 Å². The number of carbonyl (C=O) groups excluding carboxylic acids is 1. The molecule has 5 heteroatoms. The zero-order valence-electron chi connectivity index (χ0n) is 12.8. The highest BCUT2D eigenvalue weighted by Crippen LogP contribution is 2.15. The van der Waals surface area contributed by atoms with Gasteiger partial charge in [0.1, 0.15) is 5.75 Å². The first-order valence-corrected chi connectivity index (χ1v) is 7.90. The molecule has 4 nitrogen and oxygen atoms in total. The number of benzene rings is 1. The van der Waals surface area contributed by atoms with E-state index in [1.807, 2.05) is 31.2 Å². The summed E-state index contributed by atoms with van der Waals surface area (Å²) in [6.45, 7) is 4.73. The molecule has 116 valence electrons. The second kappa shape index (κ2) is 10.2. The molecule has 0 aliphatic rings. The first kappa shape index (κ1) is 17.4. The van der Waals surface area contributed by atoms with Crippen molar-refractivity contribution in [3.63, 3.8) is 0 Å². The van der Waals surface area contributed by atoms with Crippen LogP contribution in [0.15, 0.2) is 24.3 Å². The Balaban J connectivity index is 2.30. The molecule has 0 spiro atoms. The SMILES string of the molecule is CCCCCCC(=O)NC(=S)Nc1ccc(OCC)cc1. The zero-order chi connectivity index (χ0) is 15.5. The number of hydrogen-bond donors (Lipinski definition) is 2. The van der Waals surface area contributed by atoms with E-state index in [0.29, 0.717) is 18.1 Å². The first-order chi connectivity index (χ1) is 10.2. The summed E-state index contributed by atoms with van der Waals surface area (Å²) in [5.41, 5.74) is 0.828. The summed E-state index contributed by atoms with van der Waals surface area (Å²) in [6.07, 6.45) is 4.85. The van der Waals surface area contributed by atoms with Crippen molar-refractivity contribution < 1.29 is 9.53 Å².